The Kier molecular flexibility index (Phi) is 2.54. The Balaban J connectivity index is 2.14. The van der Waals surface area contributed by atoms with Crippen molar-refractivity contribution in [1.29, 1.82) is 0 Å². The van der Waals surface area contributed by atoms with Gasteiger partial charge in [0.25, 0.3) is 0 Å². The molecule has 0 unspecified atom stereocenters. The molecule has 3 heteroatoms. The van der Waals surface area contributed by atoms with Gasteiger partial charge in [0.05, 0.1) is 0 Å². The van der Waals surface area contributed by atoms with Gasteiger partial charge in [0.15, 0.2) is 0 Å². The summed E-state index contributed by atoms with van der Waals surface area (Å²) in [5.74, 6) is 1.53. The summed E-state index contributed by atoms with van der Waals surface area (Å²) >= 11 is 0. The molecule has 0 saturated carbocycles. The highest BCUT2D eigenvalue weighted by Gasteiger charge is 2.17. The van der Waals surface area contributed by atoms with Crippen molar-refractivity contribution < 1.29 is 0 Å². The van der Waals surface area contributed by atoms with Gasteiger partial charge < -0.3 is 5.32 Å². The monoisotopic (exact) mass is 177 g/mol. The van der Waals surface area contributed by atoms with Crippen molar-refractivity contribution in [3.05, 3.63) is 23.8 Å². The first-order valence-corrected chi connectivity index (χ1v) is 4.86. The van der Waals surface area contributed by atoms with E-state index in [4.69, 9.17) is 0 Å². The minimum absolute atomic E-state index is 0.522. The zero-order valence-corrected chi connectivity index (χ0v) is 7.95. The second-order valence-corrected chi connectivity index (χ2v) is 3.60. The molecule has 1 N–H and O–H groups in total. The van der Waals surface area contributed by atoms with Gasteiger partial charge in [-0.1, -0.05) is 0 Å². The Morgan fingerprint density at radius 3 is 3.15 bits per heavy atom. The van der Waals surface area contributed by atoms with Gasteiger partial charge in [-0.25, -0.2) is 9.97 Å². The second-order valence-electron chi connectivity index (χ2n) is 3.60. The van der Waals surface area contributed by atoms with Gasteiger partial charge in [0.2, 0.25) is 0 Å². The topological polar surface area (TPSA) is 37.8 Å². The van der Waals surface area contributed by atoms with Gasteiger partial charge in [-0.2, -0.15) is 0 Å². The molecule has 70 valence electrons. The molecule has 1 saturated heterocycles. The number of rotatable bonds is 1. The van der Waals surface area contributed by atoms with Crippen LogP contribution >= 0.6 is 0 Å². The number of hydrogen-bond acceptors (Lipinski definition) is 3. The molecule has 1 aromatic rings. The van der Waals surface area contributed by atoms with Crippen LogP contribution in [0.25, 0.3) is 0 Å². The largest absolute Gasteiger partial charge is 0.316 e. The molecule has 0 bridgehead atoms. The predicted molar refractivity (Wildman–Crippen MR) is 51.6 cm³/mol. The van der Waals surface area contributed by atoms with Crippen LogP contribution in [0.5, 0.6) is 0 Å². The van der Waals surface area contributed by atoms with Crippen LogP contribution < -0.4 is 5.32 Å². The van der Waals surface area contributed by atoms with Crippen LogP contribution in [0, 0.1) is 6.92 Å². The van der Waals surface area contributed by atoms with E-state index in [1.165, 1.54) is 12.8 Å². The van der Waals surface area contributed by atoms with Gasteiger partial charge in [-0.3, -0.25) is 0 Å². The summed E-state index contributed by atoms with van der Waals surface area (Å²) < 4.78 is 0. The van der Waals surface area contributed by atoms with Gasteiger partial charge in [-0.15, -0.1) is 0 Å². The molecule has 0 radical (unpaired) electrons. The van der Waals surface area contributed by atoms with E-state index in [2.05, 4.69) is 15.3 Å². The Morgan fingerprint density at radius 2 is 2.46 bits per heavy atom. The van der Waals surface area contributed by atoms with Crippen LogP contribution in [0.3, 0.4) is 0 Å². The molecule has 0 aromatic carbocycles. The fourth-order valence-corrected chi connectivity index (χ4v) is 1.74. The number of aryl methyl sites for hydroxylation is 1. The minimum Gasteiger partial charge on any atom is -0.316 e. The number of nitrogens with zero attached hydrogens (tertiary/aromatic N) is 2. The third kappa shape index (κ3) is 2.04. The number of hydrogen-bond donors (Lipinski definition) is 1. The van der Waals surface area contributed by atoms with Crippen molar-refractivity contribution in [3.63, 3.8) is 0 Å². The third-order valence-electron chi connectivity index (χ3n) is 2.48. The van der Waals surface area contributed by atoms with E-state index in [9.17, 15) is 0 Å². The summed E-state index contributed by atoms with van der Waals surface area (Å²) in [5, 5.41) is 3.37. The predicted octanol–water partition coefficient (Wildman–Crippen LogP) is 1.25. The van der Waals surface area contributed by atoms with Crippen molar-refractivity contribution in [2.45, 2.75) is 25.7 Å². The van der Waals surface area contributed by atoms with Gasteiger partial charge in [-0.05, 0) is 32.4 Å². The molecule has 0 spiro atoms. The zero-order valence-electron chi connectivity index (χ0n) is 7.95. The summed E-state index contributed by atoms with van der Waals surface area (Å²) in [6, 6.07) is 1.94. The Labute approximate surface area is 78.6 Å². The lowest BCUT2D eigenvalue weighted by molar-refractivity contribution is 0.446. The van der Waals surface area contributed by atoms with Gasteiger partial charge >= 0.3 is 0 Å². The molecule has 1 fully saturated rings. The lowest BCUT2D eigenvalue weighted by atomic mass is 9.99. The van der Waals surface area contributed by atoms with E-state index >= 15 is 0 Å². The van der Waals surface area contributed by atoms with Crippen molar-refractivity contribution >= 4 is 0 Å². The number of piperidine rings is 1. The maximum absolute atomic E-state index is 4.45. The molecule has 0 aliphatic carbocycles. The van der Waals surface area contributed by atoms with Crippen LogP contribution in [-0.4, -0.2) is 23.1 Å². The van der Waals surface area contributed by atoms with E-state index in [1.54, 1.807) is 0 Å². The third-order valence-corrected chi connectivity index (χ3v) is 2.48. The van der Waals surface area contributed by atoms with E-state index in [1.807, 2.05) is 19.2 Å². The summed E-state index contributed by atoms with van der Waals surface area (Å²) in [6.07, 6.45) is 4.31. The summed E-state index contributed by atoms with van der Waals surface area (Å²) in [5.41, 5.74) is 1.07. The van der Waals surface area contributed by atoms with Crippen LogP contribution in [0.1, 0.15) is 30.3 Å². The first kappa shape index (κ1) is 8.63. The molecular weight excluding hydrogens is 162 g/mol. The summed E-state index contributed by atoms with van der Waals surface area (Å²) in [4.78, 5) is 8.76. The molecule has 13 heavy (non-hydrogen) atoms. The highest BCUT2D eigenvalue weighted by Crippen LogP contribution is 2.19. The van der Waals surface area contributed by atoms with Gasteiger partial charge in [0.1, 0.15) is 5.82 Å². The highest BCUT2D eigenvalue weighted by molar-refractivity contribution is 5.05. The van der Waals surface area contributed by atoms with E-state index in [0.29, 0.717) is 5.92 Å². The van der Waals surface area contributed by atoms with Crippen molar-refractivity contribution in [3.8, 4) is 0 Å². The first-order chi connectivity index (χ1) is 6.36. The van der Waals surface area contributed by atoms with E-state index in [0.717, 1.165) is 24.6 Å². The molecule has 1 aliphatic rings. The lowest BCUT2D eigenvalue weighted by Gasteiger charge is -2.21. The molecule has 3 nitrogen and oxygen atoms in total. The van der Waals surface area contributed by atoms with Gasteiger partial charge in [0, 0.05) is 24.4 Å². The van der Waals surface area contributed by atoms with Crippen LogP contribution in [0.15, 0.2) is 12.3 Å². The second kappa shape index (κ2) is 3.83. The Morgan fingerprint density at radius 1 is 1.54 bits per heavy atom. The van der Waals surface area contributed by atoms with E-state index < -0.39 is 0 Å². The molecular formula is C10H15N3. The quantitative estimate of drug-likeness (QED) is 0.701. The number of nitrogens with one attached hydrogen (secondary N) is 1. The first-order valence-electron chi connectivity index (χ1n) is 4.86. The Bertz CT molecular complexity index is 279. The molecule has 0 amide bonds. The molecule has 2 rings (SSSR count). The minimum atomic E-state index is 0.522. The Hall–Kier alpha value is -0.960. The normalized spacial score (nSPS) is 23.0. The maximum Gasteiger partial charge on any atom is 0.132 e. The van der Waals surface area contributed by atoms with Crippen LogP contribution in [0.4, 0.5) is 0 Å². The van der Waals surface area contributed by atoms with Crippen molar-refractivity contribution in [2.75, 3.05) is 13.1 Å². The lowest BCUT2D eigenvalue weighted by Crippen LogP contribution is -2.29. The molecule has 2 heterocycles. The zero-order chi connectivity index (χ0) is 9.10. The van der Waals surface area contributed by atoms with Crippen LogP contribution in [0.2, 0.25) is 0 Å². The smallest absolute Gasteiger partial charge is 0.132 e. The fourth-order valence-electron chi connectivity index (χ4n) is 1.74. The average molecular weight is 177 g/mol. The molecule has 1 atom stereocenters. The van der Waals surface area contributed by atoms with Crippen molar-refractivity contribution in [2.24, 2.45) is 0 Å². The highest BCUT2D eigenvalue weighted by atomic mass is 14.9. The summed E-state index contributed by atoms with van der Waals surface area (Å²) in [7, 11) is 0. The van der Waals surface area contributed by atoms with Crippen LogP contribution in [-0.2, 0) is 0 Å². The van der Waals surface area contributed by atoms with E-state index in [-0.39, 0.29) is 0 Å². The standard InChI is InChI=1S/C10H15N3/c1-8-4-6-12-10(13-8)9-3-2-5-11-7-9/h4,6,9,11H,2-3,5,7H2,1H3/t9-/m0/s1. The van der Waals surface area contributed by atoms with Crippen molar-refractivity contribution in [1.82, 2.24) is 15.3 Å². The SMILES string of the molecule is Cc1ccnc([C@H]2CCCNC2)n1. The summed E-state index contributed by atoms with van der Waals surface area (Å²) in [6.45, 7) is 4.19. The molecule has 1 aliphatic heterocycles. The fraction of sp³-hybridized carbons (Fsp3) is 0.600. The number of aromatic nitrogens is 2. The molecule has 1 aromatic heterocycles. The maximum atomic E-state index is 4.45. The average Bonchev–Trinajstić information content (AvgIpc) is 2.19.